The van der Waals surface area contributed by atoms with E-state index in [2.05, 4.69) is 0 Å². The summed E-state index contributed by atoms with van der Waals surface area (Å²) in [6.45, 7) is 6.26. The molecule has 0 radical (unpaired) electrons. The lowest BCUT2D eigenvalue weighted by Crippen LogP contribution is -2.68. The molecule has 310 valence electrons. The van der Waals surface area contributed by atoms with E-state index < -0.39 is 129 Å². The van der Waals surface area contributed by atoms with Gasteiger partial charge in [0.15, 0.2) is 12.1 Å². The number of phenolic OH excluding ortho intramolecular Hbond substituents is 2. The number of ether oxygens (including phenoxy) is 8. The van der Waals surface area contributed by atoms with Crippen LogP contribution in [0, 0.1) is 0 Å². The molecule has 0 spiro atoms. The first kappa shape index (κ1) is 40.9. The van der Waals surface area contributed by atoms with E-state index in [0.717, 1.165) is 18.1 Å². The van der Waals surface area contributed by atoms with Crippen molar-refractivity contribution in [1.82, 2.24) is 4.90 Å². The Kier molecular flexibility index (Phi) is 10.0. The van der Waals surface area contributed by atoms with Gasteiger partial charge in [-0.1, -0.05) is 0 Å². The standard InChI is InChI=1S/C39H47NO17/c1-14-32(50-6)39(4,53-9)33(51-7)36(54-14)55-19-12-37(2,49)24(34(48)52-8)15-10-16-21(27(44)20(15)19)28(45)22-18(42)11-17-30(23(22)26(16)43)56-35-29(46)25(40(5)13-41)31(47)38(17,3)57-35/h10-11,13-14,19,24-25,29,31-33,35-36,42,44,46-47,49H,12H2,1-9H3/t14-,19-,24-,25-,29-,31+,32-,33-,35+,36-,37-,38+,39+/m0/s1. The summed E-state index contributed by atoms with van der Waals surface area (Å²) >= 11 is 0. The van der Waals surface area contributed by atoms with Crippen molar-refractivity contribution in [1.29, 1.82) is 0 Å². The molecule has 1 amide bonds. The number of carbonyl (C=O) groups excluding carboxylic acids is 4. The van der Waals surface area contributed by atoms with Crippen LogP contribution in [0.2, 0.25) is 0 Å². The zero-order valence-corrected chi connectivity index (χ0v) is 32.8. The van der Waals surface area contributed by atoms with Gasteiger partial charge in [0.1, 0.15) is 58.8 Å². The van der Waals surface area contributed by atoms with Gasteiger partial charge in [0.25, 0.3) is 0 Å². The average molecular weight is 802 g/mol. The number of hydrogen-bond acceptors (Lipinski definition) is 17. The number of aromatic hydroxyl groups is 2. The Balaban J connectivity index is 1.40. The molecule has 2 fully saturated rings. The number of esters is 1. The third-order valence-corrected chi connectivity index (χ3v) is 12.5. The number of nitrogens with zero attached hydrogens (tertiary/aromatic N) is 1. The lowest BCUT2D eigenvalue weighted by molar-refractivity contribution is -0.345. The first-order valence-electron chi connectivity index (χ1n) is 18.3. The highest BCUT2D eigenvalue weighted by Gasteiger charge is 2.61. The van der Waals surface area contributed by atoms with E-state index in [1.54, 1.807) is 13.8 Å². The number of benzene rings is 2. The predicted molar refractivity (Wildman–Crippen MR) is 191 cm³/mol. The molecule has 2 aliphatic carbocycles. The van der Waals surface area contributed by atoms with Crippen molar-refractivity contribution in [3.63, 3.8) is 0 Å². The molecule has 0 saturated carbocycles. The molecule has 18 nitrogen and oxygen atoms in total. The van der Waals surface area contributed by atoms with E-state index in [4.69, 9.17) is 37.9 Å². The van der Waals surface area contributed by atoms with E-state index in [0.29, 0.717) is 6.41 Å². The molecule has 18 heteroatoms. The minimum atomic E-state index is -1.94. The molecule has 0 unspecified atom stereocenters. The van der Waals surface area contributed by atoms with Crippen LogP contribution in [0.25, 0.3) is 0 Å². The highest BCUT2D eigenvalue weighted by Crippen LogP contribution is 2.56. The van der Waals surface area contributed by atoms with E-state index >= 15 is 0 Å². The van der Waals surface area contributed by atoms with Gasteiger partial charge in [-0.25, -0.2) is 0 Å². The van der Waals surface area contributed by atoms with E-state index in [9.17, 15) is 44.7 Å². The molecule has 2 aromatic carbocycles. The maximum absolute atomic E-state index is 14.8. The molecule has 2 saturated heterocycles. The highest BCUT2D eigenvalue weighted by molar-refractivity contribution is 6.31. The Morgan fingerprint density at radius 2 is 1.65 bits per heavy atom. The van der Waals surface area contributed by atoms with Crippen molar-refractivity contribution >= 4 is 23.9 Å². The Bertz CT molecular complexity index is 2040. The molecule has 7 rings (SSSR count). The number of aliphatic hydroxyl groups is 3. The van der Waals surface area contributed by atoms with Gasteiger partial charge in [-0.05, 0) is 45.4 Å². The van der Waals surface area contributed by atoms with Gasteiger partial charge in [-0.2, -0.15) is 0 Å². The van der Waals surface area contributed by atoms with Gasteiger partial charge in [0.05, 0.1) is 47.7 Å². The average Bonchev–Trinajstić information content (AvgIpc) is 3.15. The molecule has 3 heterocycles. The summed E-state index contributed by atoms with van der Waals surface area (Å²) in [5.41, 5.74) is -7.11. The second kappa shape index (κ2) is 14.0. The lowest BCUT2D eigenvalue weighted by atomic mass is 9.68. The maximum Gasteiger partial charge on any atom is 0.316 e. The summed E-state index contributed by atoms with van der Waals surface area (Å²) in [5.74, 6) is -6.18. The Morgan fingerprint density at radius 1 is 0.982 bits per heavy atom. The summed E-state index contributed by atoms with van der Waals surface area (Å²) in [5, 5.41) is 58.2. The zero-order valence-electron chi connectivity index (χ0n) is 32.8. The maximum atomic E-state index is 14.8. The van der Waals surface area contributed by atoms with Crippen molar-refractivity contribution < 1.29 is 82.6 Å². The number of ketones is 2. The van der Waals surface area contributed by atoms with Crippen molar-refractivity contribution in [3.8, 4) is 17.2 Å². The highest BCUT2D eigenvalue weighted by atomic mass is 16.7. The van der Waals surface area contributed by atoms with E-state index in [1.165, 1.54) is 48.3 Å². The van der Waals surface area contributed by atoms with Crippen LogP contribution in [0.3, 0.4) is 0 Å². The van der Waals surface area contributed by atoms with Crippen LogP contribution in [0.4, 0.5) is 0 Å². The fourth-order valence-electron chi connectivity index (χ4n) is 9.63. The second-order valence-corrected chi connectivity index (χ2v) is 15.8. The van der Waals surface area contributed by atoms with E-state index in [-0.39, 0.29) is 28.9 Å². The third kappa shape index (κ3) is 5.64. The van der Waals surface area contributed by atoms with Gasteiger partial charge in [-0.3, -0.25) is 19.2 Å². The van der Waals surface area contributed by atoms with Crippen LogP contribution in [0.1, 0.15) is 94.7 Å². The summed E-state index contributed by atoms with van der Waals surface area (Å²) in [6.07, 6.45) is -9.48. The van der Waals surface area contributed by atoms with Crippen molar-refractivity contribution in [3.05, 3.63) is 51.1 Å². The van der Waals surface area contributed by atoms with Crippen molar-refractivity contribution in [2.75, 3.05) is 35.5 Å². The number of hydrogen-bond donors (Lipinski definition) is 5. The predicted octanol–water partition coefficient (Wildman–Crippen LogP) is 0.665. The van der Waals surface area contributed by atoms with Gasteiger partial charge in [0, 0.05) is 51.5 Å². The smallest absolute Gasteiger partial charge is 0.316 e. The molecule has 5 aliphatic rings. The molecular weight excluding hydrogens is 754 g/mol. The number of carbonyl (C=O) groups is 4. The molecule has 5 N–H and O–H groups in total. The third-order valence-electron chi connectivity index (χ3n) is 12.5. The first-order chi connectivity index (χ1) is 26.8. The molecule has 2 bridgehead atoms. The molecule has 0 aromatic heterocycles. The largest absolute Gasteiger partial charge is 0.507 e. The van der Waals surface area contributed by atoms with Crippen LogP contribution in [-0.2, 0) is 48.3 Å². The minimum Gasteiger partial charge on any atom is -0.507 e. The fraction of sp³-hybridized carbons (Fsp3) is 0.590. The monoisotopic (exact) mass is 801 g/mol. The molecule has 3 aliphatic heterocycles. The normalized spacial score (nSPS) is 37.9. The summed E-state index contributed by atoms with van der Waals surface area (Å²) in [6, 6.07) is 1.04. The number of aliphatic hydroxyl groups excluding tert-OH is 2. The van der Waals surface area contributed by atoms with Crippen LogP contribution in [0.15, 0.2) is 12.1 Å². The molecule has 13 atom stereocenters. The zero-order chi connectivity index (χ0) is 41.8. The summed E-state index contributed by atoms with van der Waals surface area (Å²) in [4.78, 5) is 55.5. The van der Waals surface area contributed by atoms with Crippen LogP contribution in [0.5, 0.6) is 17.2 Å². The van der Waals surface area contributed by atoms with Gasteiger partial charge >= 0.3 is 5.97 Å². The Labute approximate surface area is 327 Å². The van der Waals surface area contributed by atoms with E-state index in [1.807, 2.05) is 0 Å². The topological polar surface area (TPSA) is 247 Å². The number of methoxy groups -OCH3 is 4. The van der Waals surface area contributed by atoms with Crippen LogP contribution < -0.4 is 4.74 Å². The van der Waals surface area contributed by atoms with Crippen molar-refractivity contribution in [2.24, 2.45) is 0 Å². The SMILES string of the molecule is COC(=O)[C@@H]1c2cc3c(c(O)c2[C@@H](O[C@@H]2O[C@@H](C)[C@H](OC)[C@@](C)(OC)[C@H]2OC)C[C@]1(C)O)C(=O)c1c(O)cc2c(c1C3=O)O[C@@H]1O[C@@]2(C)[C@H](O)[C@@H](N(C)C=O)[C@@H]1O. The van der Waals surface area contributed by atoms with Crippen LogP contribution in [-0.4, -0.2) is 150 Å². The quantitative estimate of drug-likeness (QED) is 0.155. The number of likely N-dealkylation sites (N-methyl/N-ethyl adjacent to an activating group) is 1. The molecule has 57 heavy (non-hydrogen) atoms. The van der Waals surface area contributed by atoms with Gasteiger partial charge in [-0.15, -0.1) is 0 Å². The van der Waals surface area contributed by atoms with Gasteiger partial charge < -0.3 is 68.3 Å². The number of fused-ring (bicyclic) bond motifs is 8. The Hall–Kier alpha value is -4.24. The molecule has 2 aromatic rings. The lowest BCUT2D eigenvalue weighted by Gasteiger charge is -2.53. The summed E-state index contributed by atoms with van der Waals surface area (Å²) in [7, 11) is 6.82. The first-order valence-corrected chi connectivity index (χ1v) is 18.3. The fourth-order valence-corrected chi connectivity index (χ4v) is 9.63. The van der Waals surface area contributed by atoms with Crippen LogP contribution >= 0.6 is 0 Å². The number of phenols is 2. The second-order valence-electron chi connectivity index (χ2n) is 15.8. The minimum absolute atomic E-state index is 0.0671. The molecular formula is C39H47NO17. The Morgan fingerprint density at radius 3 is 2.25 bits per heavy atom. The number of amides is 1. The summed E-state index contributed by atoms with van der Waals surface area (Å²) < 4.78 is 47.1. The van der Waals surface area contributed by atoms with Crippen molar-refractivity contribution in [2.45, 2.75) is 112 Å². The number of rotatable bonds is 8. The van der Waals surface area contributed by atoms with Gasteiger partial charge in [0.2, 0.25) is 18.5 Å².